The summed E-state index contributed by atoms with van der Waals surface area (Å²) in [5.41, 5.74) is 1.82. The van der Waals surface area contributed by atoms with Crippen molar-refractivity contribution < 1.29 is 9.21 Å². The summed E-state index contributed by atoms with van der Waals surface area (Å²) >= 11 is 0. The quantitative estimate of drug-likeness (QED) is 0.485. The highest BCUT2D eigenvalue weighted by atomic mass is 16.3. The SMILES string of the molecule is CNC(=O)c1cccc(CCNC(=NCCc2ccco2)NC2CCCC2)c1. The van der Waals surface area contributed by atoms with Gasteiger partial charge < -0.3 is 20.4 Å². The highest BCUT2D eigenvalue weighted by Crippen LogP contribution is 2.17. The minimum absolute atomic E-state index is 0.0575. The minimum atomic E-state index is -0.0575. The molecule has 150 valence electrons. The molecule has 0 radical (unpaired) electrons. The Hall–Kier alpha value is -2.76. The first-order valence-electron chi connectivity index (χ1n) is 10.1. The van der Waals surface area contributed by atoms with Gasteiger partial charge in [0.15, 0.2) is 5.96 Å². The van der Waals surface area contributed by atoms with Crippen molar-refractivity contribution >= 4 is 11.9 Å². The maximum absolute atomic E-state index is 11.8. The third-order valence-corrected chi connectivity index (χ3v) is 5.03. The van der Waals surface area contributed by atoms with E-state index in [9.17, 15) is 4.79 Å². The van der Waals surface area contributed by atoms with Gasteiger partial charge in [-0.2, -0.15) is 0 Å². The van der Waals surface area contributed by atoms with E-state index in [2.05, 4.69) is 16.0 Å². The number of amides is 1. The molecule has 1 saturated carbocycles. The standard InChI is InChI=1S/C22H30N4O2/c1-23-21(27)18-7-4-6-17(16-18)11-13-24-22(26-19-8-2-3-9-19)25-14-12-20-10-5-15-28-20/h4-7,10,15-16,19H,2-3,8-9,11-14H2,1H3,(H,23,27)(H2,24,25,26). The summed E-state index contributed by atoms with van der Waals surface area (Å²) in [7, 11) is 1.65. The third kappa shape index (κ3) is 6.15. The summed E-state index contributed by atoms with van der Waals surface area (Å²) < 4.78 is 5.38. The summed E-state index contributed by atoms with van der Waals surface area (Å²) in [6.07, 6.45) is 8.28. The largest absolute Gasteiger partial charge is 0.469 e. The number of aliphatic imine (C=N–C) groups is 1. The molecule has 1 aromatic carbocycles. The van der Waals surface area contributed by atoms with Gasteiger partial charge in [-0.3, -0.25) is 9.79 Å². The Morgan fingerprint density at radius 1 is 1.18 bits per heavy atom. The maximum Gasteiger partial charge on any atom is 0.251 e. The molecular weight excluding hydrogens is 352 g/mol. The van der Waals surface area contributed by atoms with Gasteiger partial charge in [-0.15, -0.1) is 0 Å². The van der Waals surface area contributed by atoms with Crippen molar-refractivity contribution in [3.63, 3.8) is 0 Å². The molecule has 1 heterocycles. The van der Waals surface area contributed by atoms with Crippen LogP contribution in [-0.4, -0.2) is 38.0 Å². The van der Waals surface area contributed by atoms with Gasteiger partial charge in [-0.05, 0) is 49.1 Å². The molecule has 1 aromatic heterocycles. The lowest BCUT2D eigenvalue weighted by Gasteiger charge is -2.17. The van der Waals surface area contributed by atoms with Crippen LogP contribution >= 0.6 is 0 Å². The zero-order valence-electron chi connectivity index (χ0n) is 16.5. The van der Waals surface area contributed by atoms with Crippen molar-refractivity contribution in [1.82, 2.24) is 16.0 Å². The number of hydrogen-bond donors (Lipinski definition) is 3. The van der Waals surface area contributed by atoms with Crippen molar-refractivity contribution in [1.29, 1.82) is 0 Å². The van der Waals surface area contributed by atoms with Crippen LogP contribution in [0.2, 0.25) is 0 Å². The molecule has 3 N–H and O–H groups in total. The molecule has 3 rings (SSSR count). The van der Waals surface area contributed by atoms with Crippen LogP contribution in [0.1, 0.15) is 47.4 Å². The van der Waals surface area contributed by atoms with Crippen LogP contribution < -0.4 is 16.0 Å². The number of carbonyl (C=O) groups is 1. The number of benzene rings is 1. The van der Waals surface area contributed by atoms with Crippen LogP contribution in [0.3, 0.4) is 0 Å². The average Bonchev–Trinajstić information content (AvgIpc) is 3.41. The Bertz CT molecular complexity index is 765. The Kier molecular flexibility index (Phi) is 7.53. The van der Waals surface area contributed by atoms with Crippen LogP contribution in [0.15, 0.2) is 52.1 Å². The van der Waals surface area contributed by atoms with Gasteiger partial charge in [-0.25, -0.2) is 0 Å². The van der Waals surface area contributed by atoms with Crippen LogP contribution in [0.25, 0.3) is 0 Å². The first-order chi connectivity index (χ1) is 13.7. The molecule has 6 nitrogen and oxygen atoms in total. The number of guanidine groups is 1. The Morgan fingerprint density at radius 3 is 2.79 bits per heavy atom. The number of carbonyl (C=O) groups excluding carboxylic acids is 1. The van der Waals surface area contributed by atoms with E-state index in [1.807, 2.05) is 36.4 Å². The zero-order valence-corrected chi connectivity index (χ0v) is 16.5. The van der Waals surface area contributed by atoms with E-state index in [4.69, 9.17) is 9.41 Å². The number of nitrogens with one attached hydrogen (secondary N) is 3. The van der Waals surface area contributed by atoms with Gasteiger partial charge in [-0.1, -0.05) is 25.0 Å². The van der Waals surface area contributed by atoms with E-state index in [1.165, 1.54) is 25.7 Å². The number of hydrogen-bond acceptors (Lipinski definition) is 3. The monoisotopic (exact) mass is 382 g/mol. The summed E-state index contributed by atoms with van der Waals surface area (Å²) in [6, 6.07) is 12.1. The van der Waals surface area contributed by atoms with Gasteiger partial charge in [0.05, 0.1) is 6.26 Å². The van der Waals surface area contributed by atoms with Crippen LogP contribution in [0, 0.1) is 0 Å². The normalized spacial score (nSPS) is 14.8. The summed E-state index contributed by atoms with van der Waals surface area (Å²) in [5.74, 6) is 1.76. The van der Waals surface area contributed by atoms with Crippen molar-refractivity contribution in [2.75, 3.05) is 20.1 Å². The lowest BCUT2D eigenvalue weighted by atomic mass is 10.1. The highest BCUT2D eigenvalue weighted by Gasteiger charge is 2.16. The Morgan fingerprint density at radius 2 is 2.04 bits per heavy atom. The second-order valence-corrected chi connectivity index (χ2v) is 7.14. The van der Waals surface area contributed by atoms with E-state index in [-0.39, 0.29) is 5.91 Å². The van der Waals surface area contributed by atoms with Gasteiger partial charge in [0.1, 0.15) is 5.76 Å². The number of rotatable bonds is 8. The summed E-state index contributed by atoms with van der Waals surface area (Å²) in [4.78, 5) is 16.5. The fourth-order valence-electron chi connectivity index (χ4n) is 3.49. The summed E-state index contributed by atoms with van der Waals surface area (Å²) in [5, 5.41) is 9.68. The first-order valence-corrected chi connectivity index (χ1v) is 10.1. The molecular formula is C22H30N4O2. The van der Waals surface area contributed by atoms with Crippen LogP contribution in [0.5, 0.6) is 0 Å². The minimum Gasteiger partial charge on any atom is -0.469 e. The lowest BCUT2D eigenvalue weighted by Crippen LogP contribution is -2.43. The molecule has 1 aliphatic carbocycles. The Labute approximate surface area is 166 Å². The van der Waals surface area contributed by atoms with Gasteiger partial charge in [0.2, 0.25) is 0 Å². The molecule has 0 bridgehead atoms. The van der Waals surface area contributed by atoms with Crippen molar-refractivity contribution in [2.45, 2.75) is 44.6 Å². The van der Waals surface area contributed by atoms with Gasteiger partial charge in [0.25, 0.3) is 5.91 Å². The molecule has 28 heavy (non-hydrogen) atoms. The molecule has 0 saturated heterocycles. The number of furan rings is 1. The van der Waals surface area contributed by atoms with E-state index < -0.39 is 0 Å². The molecule has 1 amide bonds. The number of nitrogens with zero attached hydrogens (tertiary/aromatic N) is 1. The van der Waals surface area contributed by atoms with Crippen molar-refractivity contribution in [3.05, 3.63) is 59.5 Å². The molecule has 0 unspecified atom stereocenters. The van der Waals surface area contributed by atoms with E-state index in [0.717, 1.165) is 36.7 Å². The van der Waals surface area contributed by atoms with Crippen molar-refractivity contribution in [3.8, 4) is 0 Å². The maximum atomic E-state index is 11.8. The second kappa shape index (κ2) is 10.5. The van der Waals surface area contributed by atoms with E-state index >= 15 is 0 Å². The topological polar surface area (TPSA) is 78.7 Å². The molecule has 6 heteroatoms. The Balaban J connectivity index is 1.53. The summed E-state index contributed by atoms with van der Waals surface area (Å²) in [6.45, 7) is 1.44. The van der Waals surface area contributed by atoms with Crippen LogP contribution in [0.4, 0.5) is 0 Å². The second-order valence-electron chi connectivity index (χ2n) is 7.14. The van der Waals surface area contributed by atoms with Crippen molar-refractivity contribution in [2.24, 2.45) is 4.99 Å². The van der Waals surface area contributed by atoms with Gasteiger partial charge >= 0.3 is 0 Å². The van der Waals surface area contributed by atoms with Crippen LogP contribution in [-0.2, 0) is 12.8 Å². The molecule has 0 spiro atoms. The third-order valence-electron chi connectivity index (χ3n) is 5.03. The highest BCUT2D eigenvalue weighted by molar-refractivity contribution is 5.94. The molecule has 0 atom stereocenters. The fraction of sp³-hybridized carbons (Fsp3) is 0.455. The average molecular weight is 383 g/mol. The predicted octanol–water partition coefficient (Wildman–Crippen LogP) is 2.90. The smallest absolute Gasteiger partial charge is 0.251 e. The zero-order chi connectivity index (χ0) is 19.6. The molecule has 1 aliphatic rings. The molecule has 1 fully saturated rings. The fourth-order valence-corrected chi connectivity index (χ4v) is 3.49. The molecule has 0 aliphatic heterocycles. The molecule has 2 aromatic rings. The lowest BCUT2D eigenvalue weighted by molar-refractivity contribution is 0.0963. The van der Waals surface area contributed by atoms with E-state index in [0.29, 0.717) is 18.2 Å². The van der Waals surface area contributed by atoms with E-state index in [1.54, 1.807) is 13.3 Å². The predicted molar refractivity (Wildman–Crippen MR) is 112 cm³/mol. The first kappa shape index (κ1) is 20.0. The van der Waals surface area contributed by atoms with Gasteiger partial charge in [0, 0.05) is 38.2 Å².